The summed E-state index contributed by atoms with van der Waals surface area (Å²) in [7, 11) is 0. The largest absolute Gasteiger partial charge is 0.492 e. The zero-order valence-corrected chi connectivity index (χ0v) is 21.5. The normalized spacial score (nSPS) is 15.8. The predicted octanol–water partition coefficient (Wildman–Crippen LogP) is 4.21. The molecule has 1 saturated heterocycles. The number of fused-ring (bicyclic) bond motifs is 1. The standard InChI is InChI=1S/C26H27Cl2N5O3/c1-2-36-24-6-4-3-5-22(24)30-9-11-31(12-10-30)25(34)21-16-23-26(35)32(13-14-33(23)29-21)17-18-7-8-19(27)20(28)15-18/h3-8,15-16H,2,9-14,17H2,1H3. The minimum absolute atomic E-state index is 0.154. The molecule has 2 amide bonds. The molecule has 0 bridgehead atoms. The summed E-state index contributed by atoms with van der Waals surface area (Å²) >= 11 is 12.1. The molecule has 1 fully saturated rings. The van der Waals surface area contributed by atoms with Gasteiger partial charge in [-0.3, -0.25) is 14.3 Å². The molecule has 3 aromatic rings. The van der Waals surface area contributed by atoms with E-state index in [1.54, 1.807) is 32.7 Å². The van der Waals surface area contributed by atoms with Crippen LogP contribution in [-0.2, 0) is 13.1 Å². The van der Waals surface area contributed by atoms with Crippen LogP contribution in [0.2, 0.25) is 10.0 Å². The van der Waals surface area contributed by atoms with Crippen molar-refractivity contribution in [2.24, 2.45) is 0 Å². The van der Waals surface area contributed by atoms with Gasteiger partial charge in [0.1, 0.15) is 11.4 Å². The maximum atomic E-state index is 13.2. The highest BCUT2D eigenvalue weighted by Gasteiger charge is 2.31. The highest BCUT2D eigenvalue weighted by molar-refractivity contribution is 6.42. The quantitative estimate of drug-likeness (QED) is 0.480. The molecule has 0 N–H and O–H groups in total. The lowest BCUT2D eigenvalue weighted by Crippen LogP contribution is -2.49. The SMILES string of the molecule is CCOc1ccccc1N1CCN(C(=O)c2cc3n(n2)CCN(Cc2ccc(Cl)c(Cl)c2)C3=O)CC1. The average molecular weight is 528 g/mol. The molecule has 2 aliphatic heterocycles. The fourth-order valence-electron chi connectivity index (χ4n) is 4.66. The van der Waals surface area contributed by atoms with Gasteiger partial charge in [-0.2, -0.15) is 5.10 Å². The van der Waals surface area contributed by atoms with Crippen LogP contribution in [-0.4, -0.2) is 70.7 Å². The minimum atomic E-state index is -0.156. The van der Waals surface area contributed by atoms with Crippen LogP contribution >= 0.6 is 23.2 Å². The maximum Gasteiger partial charge on any atom is 0.274 e. The van der Waals surface area contributed by atoms with Crippen LogP contribution in [0.25, 0.3) is 0 Å². The van der Waals surface area contributed by atoms with Crippen molar-refractivity contribution in [3.05, 3.63) is 75.5 Å². The number of aromatic nitrogens is 2. The molecule has 0 aliphatic carbocycles. The Kier molecular flexibility index (Phi) is 7.07. The smallest absolute Gasteiger partial charge is 0.274 e. The topological polar surface area (TPSA) is 70.9 Å². The third-order valence-corrected chi connectivity index (χ3v) is 7.26. The second-order valence-corrected chi connectivity index (χ2v) is 9.61. The fraction of sp³-hybridized carbons (Fsp3) is 0.346. The number of rotatable bonds is 6. The van der Waals surface area contributed by atoms with Gasteiger partial charge in [-0.25, -0.2) is 0 Å². The van der Waals surface area contributed by atoms with E-state index < -0.39 is 0 Å². The highest BCUT2D eigenvalue weighted by atomic mass is 35.5. The number of amides is 2. The van der Waals surface area contributed by atoms with Crippen molar-refractivity contribution in [1.29, 1.82) is 0 Å². The van der Waals surface area contributed by atoms with Gasteiger partial charge >= 0.3 is 0 Å². The van der Waals surface area contributed by atoms with Gasteiger partial charge in [-0.1, -0.05) is 41.4 Å². The first-order valence-electron chi connectivity index (χ1n) is 12.0. The number of carbonyl (C=O) groups is 2. The first-order chi connectivity index (χ1) is 17.4. The molecule has 2 aromatic carbocycles. The summed E-state index contributed by atoms with van der Waals surface area (Å²) in [5.41, 5.74) is 2.66. The molecular formula is C26H27Cl2N5O3. The second-order valence-electron chi connectivity index (χ2n) is 8.79. The molecule has 0 atom stereocenters. The molecule has 188 valence electrons. The number of halogens is 2. The number of benzene rings is 2. The summed E-state index contributed by atoms with van der Waals surface area (Å²) < 4.78 is 7.40. The Morgan fingerprint density at radius 2 is 1.75 bits per heavy atom. The number of hydrogen-bond acceptors (Lipinski definition) is 5. The number of nitrogens with zero attached hydrogens (tertiary/aromatic N) is 5. The summed E-state index contributed by atoms with van der Waals surface area (Å²) in [6.45, 7) is 6.53. The minimum Gasteiger partial charge on any atom is -0.492 e. The van der Waals surface area contributed by atoms with Crippen LogP contribution < -0.4 is 9.64 Å². The predicted molar refractivity (Wildman–Crippen MR) is 139 cm³/mol. The van der Waals surface area contributed by atoms with Gasteiger partial charge in [-0.05, 0) is 36.8 Å². The first kappa shape index (κ1) is 24.5. The van der Waals surface area contributed by atoms with Crippen LogP contribution in [0, 0.1) is 0 Å². The number of hydrogen-bond donors (Lipinski definition) is 0. The molecule has 10 heteroatoms. The maximum absolute atomic E-state index is 13.2. The van der Waals surface area contributed by atoms with Crippen LogP contribution in [0.15, 0.2) is 48.5 Å². The second kappa shape index (κ2) is 10.4. The van der Waals surface area contributed by atoms with E-state index in [9.17, 15) is 9.59 Å². The van der Waals surface area contributed by atoms with Gasteiger partial charge in [0, 0.05) is 45.3 Å². The highest BCUT2D eigenvalue weighted by Crippen LogP contribution is 2.29. The third-order valence-electron chi connectivity index (χ3n) is 6.52. The van der Waals surface area contributed by atoms with E-state index in [-0.39, 0.29) is 11.8 Å². The molecule has 3 heterocycles. The lowest BCUT2D eigenvalue weighted by atomic mass is 10.2. The van der Waals surface area contributed by atoms with E-state index >= 15 is 0 Å². The molecule has 5 rings (SSSR count). The Labute approximate surface area is 219 Å². The van der Waals surface area contributed by atoms with Crippen LogP contribution in [0.1, 0.15) is 33.5 Å². The monoisotopic (exact) mass is 527 g/mol. The first-order valence-corrected chi connectivity index (χ1v) is 12.8. The van der Waals surface area contributed by atoms with Gasteiger partial charge in [0.15, 0.2) is 5.69 Å². The van der Waals surface area contributed by atoms with E-state index in [1.165, 1.54) is 0 Å². The Morgan fingerprint density at radius 1 is 0.972 bits per heavy atom. The fourth-order valence-corrected chi connectivity index (χ4v) is 4.98. The van der Waals surface area contributed by atoms with Crippen LogP contribution in [0.4, 0.5) is 5.69 Å². The van der Waals surface area contributed by atoms with Gasteiger partial charge in [0.05, 0.1) is 28.9 Å². The van der Waals surface area contributed by atoms with Crippen LogP contribution in [0.3, 0.4) is 0 Å². The van der Waals surface area contributed by atoms with Gasteiger partial charge in [0.25, 0.3) is 11.8 Å². The lowest BCUT2D eigenvalue weighted by molar-refractivity contribution is 0.0680. The zero-order valence-electron chi connectivity index (χ0n) is 20.0. The lowest BCUT2D eigenvalue weighted by Gasteiger charge is -2.36. The summed E-state index contributed by atoms with van der Waals surface area (Å²) in [5.74, 6) is 0.542. The Hall–Kier alpha value is -3.23. The molecule has 0 unspecified atom stereocenters. The summed E-state index contributed by atoms with van der Waals surface area (Å²) in [4.78, 5) is 32.1. The summed E-state index contributed by atoms with van der Waals surface area (Å²) in [5, 5.41) is 5.40. The van der Waals surface area contributed by atoms with E-state index in [2.05, 4.69) is 10.00 Å². The third kappa shape index (κ3) is 4.88. The molecule has 8 nitrogen and oxygen atoms in total. The van der Waals surface area contributed by atoms with E-state index in [1.807, 2.05) is 37.3 Å². The summed E-state index contributed by atoms with van der Waals surface area (Å²) in [6, 6.07) is 14.9. The van der Waals surface area contributed by atoms with Crippen molar-refractivity contribution in [1.82, 2.24) is 19.6 Å². The van der Waals surface area contributed by atoms with Crippen molar-refractivity contribution in [3.8, 4) is 5.75 Å². The molecule has 36 heavy (non-hydrogen) atoms. The van der Waals surface area contributed by atoms with Crippen molar-refractivity contribution in [3.63, 3.8) is 0 Å². The molecule has 0 spiro atoms. The van der Waals surface area contributed by atoms with Gasteiger partial charge in [-0.15, -0.1) is 0 Å². The Morgan fingerprint density at radius 3 is 2.50 bits per heavy atom. The van der Waals surface area contributed by atoms with Crippen molar-refractivity contribution >= 4 is 40.7 Å². The van der Waals surface area contributed by atoms with E-state index in [0.29, 0.717) is 73.9 Å². The van der Waals surface area contributed by atoms with Gasteiger partial charge < -0.3 is 19.4 Å². The Balaban J connectivity index is 1.24. The van der Waals surface area contributed by atoms with Crippen molar-refractivity contribution < 1.29 is 14.3 Å². The molecule has 2 aliphatic rings. The number of anilines is 1. The molecule has 0 saturated carbocycles. The number of ether oxygens (including phenoxy) is 1. The molecule has 0 radical (unpaired) electrons. The molecule has 1 aromatic heterocycles. The van der Waals surface area contributed by atoms with Crippen molar-refractivity contribution in [2.45, 2.75) is 20.0 Å². The Bertz CT molecular complexity index is 1290. The number of piperazine rings is 1. The number of carbonyl (C=O) groups excluding carboxylic acids is 2. The van der Waals surface area contributed by atoms with E-state index in [4.69, 9.17) is 27.9 Å². The molecular weight excluding hydrogens is 501 g/mol. The zero-order chi connectivity index (χ0) is 25.2. The van der Waals surface area contributed by atoms with Crippen molar-refractivity contribution in [2.75, 3.05) is 44.2 Å². The van der Waals surface area contributed by atoms with Gasteiger partial charge in [0.2, 0.25) is 0 Å². The summed E-state index contributed by atoms with van der Waals surface area (Å²) in [6.07, 6.45) is 0. The average Bonchev–Trinajstić information content (AvgIpc) is 3.33. The van der Waals surface area contributed by atoms with Crippen LogP contribution in [0.5, 0.6) is 5.75 Å². The van der Waals surface area contributed by atoms with E-state index in [0.717, 1.165) is 17.0 Å². The number of para-hydroxylation sites is 2.